The molecule has 0 aromatic carbocycles. The van der Waals surface area contributed by atoms with E-state index in [1.54, 1.807) is 6.07 Å². The Morgan fingerprint density at radius 3 is 3.07 bits per heavy atom. The van der Waals surface area contributed by atoms with E-state index in [1.165, 1.54) is 25.1 Å². The van der Waals surface area contributed by atoms with Crippen molar-refractivity contribution in [3.63, 3.8) is 0 Å². The highest BCUT2D eigenvalue weighted by atomic mass is 35.5. The minimum absolute atomic E-state index is 0.311. The summed E-state index contributed by atoms with van der Waals surface area (Å²) in [6.07, 6.45) is 3.84. The smallest absolute Gasteiger partial charge is 0.338 e. The molecule has 0 aliphatic heterocycles. The number of hydrogen-bond donors (Lipinski definition) is 0. The molecule has 1 aromatic rings. The SMILES string of the molecule is O=C(OCC1CC1)c1ccnc(Cl)c1. The molecule has 4 heteroatoms. The van der Waals surface area contributed by atoms with Crippen molar-refractivity contribution in [2.75, 3.05) is 6.61 Å². The molecule has 0 bridgehead atoms. The summed E-state index contributed by atoms with van der Waals surface area (Å²) in [5.41, 5.74) is 0.464. The van der Waals surface area contributed by atoms with Gasteiger partial charge in [-0.25, -0.2) is 9.78 Å². The largest absolute Gasteiger partial charge is 0.462 e. The second-order valence-electron chi connectivity index (χ2n) is 3.41. The lowest BCUT2D eigenvalue weighted by Crippen LogP contribution is -2.07. The highest BCUT2D eigenvalue weighted by Crippen LogP contribution is 2.29. The summed E-state index contributed by atoms with van der Waals surface area (Å²) in [6.45, 7) is 0.527. The first-order valence-corrected chi connectivity index (χ1v) is 4.92. The molecule has 1 aliphatic rings. The number of halogens is 1. The van der Waals surface area contributed by atoms with Gasteiger partial charge in [-0.1, -0.05) is 11.6 Å². The molecule has 1 aliphatic carbocycles. The Morgan fingerprint density at radius 1 is 1.64 bits per heavy atom. The summed E-state index contributed by atoms with van der Waals surface area (Å²) in [5, 5.41) is 0.311. The van der Waals surface area contributed by atoms with Gasteiger partial charge in [0.15, 0.2) is 0 Å². The average molecular weight is 212 g/mol. The van der Waals surface area contributed by atoms with Crippen molar-refractivity contribution in [2.45, 2.75) is 12.8 Å². The number of carbonyl (C=O) groups excluding carboxylic acids is 1. The van der Waals surface area contributed by atoms with Gasteiger partial charge < -0.3 is 4.74 Å². The summed E-state index contributed by atoms with van der Waals surface area (Å²) in [7, 11) is 0. The second-order valence-corrected chi connectivity index (χ2v) is 3.80. The van der Waals surface area contributed by atoms with E-state index < -0.39 is 0 Å². The Kier molecular flexibility index (Phi) is 2.68. The van der Waals surface area contributed by atoms with Gasteiger partial charge in [0.05, 0.1) is 12.2 Å². The molecule has 1 aromatic heterocycles. The van der Waals surface area contributed by atoms with Crippen LogP contribution < -0.4 is 0 Å². The number of hydrogen-bond acceptors (Lipinski definition) is 3. The normalized spacial score (nSPS) is 15.2. The molecule has 0 amide bonds. The van der Waals surface area contributed by atoms with Crippen molar-refractivity contribution in [2.24, 2.45) is 5.92 Å². The number of pyridine rings is 1. The Balaban J connectivity index is 1.95. The number of aromatic nitrogens is 1. The van der Waals surface area contributed by atoms with Crippen LogP contribution in [0.2, 0.25) is 5.15 Å². The predicted octanol–water partition coefficient (Wildman–Crippen LogP) is 2.30. The van der Waals surface area contributed by atoms with Crippen LogP contribution in [-0.4, -0.2) is 17.6 Å². The van der Waals surface area contributed by atoms with Crippen molar-refractivity contribution >= 4 is 17.6 Å². The molecule has 3 nitrogen and oxygen atoms in total. The molecule has 0 saturated heterocycles. The molecule has 74 valence electrons. The number of rotatable bonds is 3. The molecule has 0 unspecified atom stereocenters. The van der Waals surface area contributed by atoms with Crippen molar-refractivity contribution in [3.8, 4) is 0 Å². The van der Waals surface area contributed by atoms with Gasteiger partial charge in [-0.2, -0.15) is 0 Å². The van der Waals surface area contributed by atoms with Gasteiger partial charge >= 0.3 is 5.97 Å². The van der Waals surface area contributed by atoms with E-state index in [0.717, 1.165) is 0 Å². The molecule has 0 N–H and O–H groups in total. The van der Waals surface area contributed by atoms with Gasteiger partial charge in [-0.05, 0) is 30.9 Å². The van der Waals surface area contributed by atoms with Crippen molar-refractivity contribution in [1.29, 1.82) is 0 Å². The zero-order valence-electron chi connectivity index (χ0n) is 7.57. The lowest BCUT2D eigenvalue weighted by molar-refractivity contribution is 0.0486. The molecule has 1 heterocycles. The first-order valence-electron chi connectivity index (χ1n) is 4.54. The Morgan fingerprint density at radius 2 is 2.43 bits per heavy atom. The third-order valence-electron chi connectivity index (χ3n) is 2.11. The Hall–Kier alpha value is -1.09. The maximum absolute atomic E-state index is 11.4. The van der Waals surface area contributed by atoms with Crippen molar-refractivity contribution in [1.82, 2.24) is 4.98 Å². The van der Waals surface area contributed by atoms with Gasteiger partial charge in [0.1, 0.15) is 5.15 Å². The zero-order chi connectivity index (χ0) is 9.97. The summed E-state index contributed by atoms with van der Waals surface area (Å²) < 4.78 is 5.08. The van der Waals surface area contributed by atoms with Gasteiger partial charge in [-0.3, -0.25) is 0 Å². The predicted molar refractivity (Wildman–Crippen MR) is 52.3 cm³/mol. The fourth-order valence-electron chi connectivity index (χ4n) is 1.09. The lowest BCUT2D eigenvalue weighted by atomic mass is 10.3. The second kappa shape index (κ2) is 3.96. The quantitative estimate of drug-likeness (QED) is 0.569. The summed E-state index contributed by atoms with van der Waals surface area (Å²) in [5.74, 6) is 0.262. The molecule has 2 rings (SSSR count). The van der Waals surface area contributed by atoms with Crippen molar-refractivity contribution in [3.05, 3.63) is 29.0 Å². The van der Waals surface area contributed by atoms with Crippen LogP contribution in [-0.2, 0) is 4.74 Å². The van der Waals surface area contributed by atoms with E-state index in [2.05, 4.69) is 4.98 Å². The van der Waals surface area contributed by atoms with E-state index >= 15 is 0 Å². The number of esters is 1. The standard InChI is InChI=1S/C10H10ClNO2/c11-9-5-8(3-4-12-9)10(13)14-6-7-1-2-7/h3-5,7H,1-2,6H2. The van der Waals surface area contributed by atoms with Crippen LogP contribution in [0.25, 0.3) is 0 Å². The van der Waals surface area contributed by atoms with Gasteiger partial charge in [0.25, 0.3) is 0 Å². The van der Waals surface area contributed by atoms with Crippen LogP contribution in [0.1, 0.15) is 23.2 Å². The minimum Gasteiger partial charge on any atom is -0.462 e. The summed E-state index contributed by atoms with van der Waals surface area (Å²) >= 11 is 5.65. The maximum atomic E-state index is 11.4. The Bertz CT molecular complexity index is 350. The highest BCUT2D eigenvalue weighted by molar-refractivity contribution is 6.29. The first kappa shape index (κ1) is 9.46. The van der Waals surface area contributed by atoms with Crippen LogP contribution in [0.5, 0.6) is 0 Å². The van der Waals surface area contributed by atoms with E-state index in [-0.39, 0.29) is 5.97 Å². The number of nitrogens with zero attached hydrogens (tertiary/aromatic N) is 1. The fraction of sp³-hybridized carbons (Fsp3) is 0.400. The fourth-order valence-corrected chi connectivity index (χ4v) is 1.26. The molecule has 0 radical (unpaired) electrons. The maximum Gasteiger partial charge on any atom is 0.338 e. The minimum atomic E-state index is -0.318. The summed E-state index contributed by atoms with van der Waals surface area (Å²) in [4.78, 5) is 15.2. The van der Waals surface area contributed by atoms with E-state index in [0.29, 0.717) is 23.2 Å². The van der Waals surface area contributed by atoms with Crippen molar-refractivity contribution < 1.29 is 9.53 Å². The average Bonchev–Trinajstić information content (AvgIpc) is 2.97. The highest BCUT2D eigenvalue weighted by Gasteiger charge is 2.23. The molecule has 0 atom stereocenters. The third kappa shape index (κ3) is 2.45. The molecule has 14 heavy (non-hydrogen) atoms. The van der Waals surface area contributed by atoms with Crippen LogP contribution in [0.3, 0.4) is 0 Å². The number of ether oxygens (including phenoxy) is 1. The molecule has 1 fully saturated rings. The van der Waals surface area contributed by atoms with E-state index in [4.69, 9.17) is 16.3 Å². The lowest BCUT2D eigenvalue weighted by Gasteiger charge is -2.02. The zero-order valence-corrected chi connectivity index (χ0v) is 8.33. The van der Waals surface area contributed by atoms with Crippen LogP contribution in [0.4, 0.5) is 0 Å². The topological polar surface area (TPSA) is 39.2 Å². The van der Waals surface area contributed by atoms with E-state index in [9.17, 15) is 4.79 Å². The monoisotopic (exact) mass is 211 g/mol. The van der Waals surface area contributed by atoms with Gasteiger partial charge in [0.2, 0.25) is 0 Å². The molecular weight excluding hydrogens is 202 g/mol. The summed E-state index contributed by atoms with van der Waals surface area (Å²) in [6, 6.07) is 3.11. The Labute approximate surface area is 87.0 Å². The third-order valence-corrected chi connectivity index (χ3v) is 2.32. The molecular formula is C10H10ClNO2. The van der Waals surface area contributed by atoms with E-state index in [1.807, 2.05) is 0 Å². The first-order chi connectivity index (χ1) is 6.75. The van der Waals surface area contributed by atoms with Gasteiger partial charge in [-0.15, -0.1) is 0 Å². The number of carbonyl (C=O) groups is 1. The van der Waals surface area contributed by atoms with Crippen LogP contribution in [0, 0.1) is 5.92 Å². The molecule has 1 saturated carbocycles. The van der Waals surface area contributed by atoms with Crippen LogP contribution >= 0.6 is 11.6 Å². The molecule has 0 spiro atoms. The van der Waals surface area contributed by atoms with Gasteiger partial charge in [0, 0.05) is 6.20 Å². The van der Waals surface area contributed by atoms with Crippen LogP contribution in [0.15, 0.2) is 18.3 Å².